The molecule has 1 spiro atoms. The normalized spacial score (nSPS) is 27.6. The van der Waals surface area contributed by atoms with E-state index < -0.39 is 5.91 Å². The topological polar surface area (TPSA) is 75.4 Å². The van der Waals surface area contributed by atoms with Gasteiger partial charge in [0.2, 0.25) is 5.91 Å². The molecule has 2 fully saturated rings. The van der Waals surface area contributed by atoms with Gasteiger partial charge in [-0.05, 0) is 54.9 Å². The number of benzene rings is 2. The predicted octanol–water partition coefficient (Wildman–Crippen LogP) is 3.59. The second-order valence-electron chi connectivity index (χ2n) is 8.14. The van der Waals surface area contributed by atoms with Crippen molar-refractivity contribution in [2.24, 2.45) is 5.73 Å². The van der Waals surface area contributed by atoms with E-state index in [1.807, 2.05) is 12.1 Å². The highest BCUT2D eigenvalue weighted by molar-refractivity contribution is 5.98. The van der Waals surface area contributed by atoms with Crippen LogP contribution in [0.25, 0.3) is 0 Å². The molecule has 27 heavy (non-hydrogen) atoms. The van der Waals surface area contributed by atoms with Crippen molar-refractivity contribution < 1.29 is 9.59 Å². The largest absolute Gasteiger partial charge is 0.366 e. The molecule has 0 atom stereocenters. The van der Waals surface area contributed by atoms with Gasteiger partial charge in [-0.25, -0.2) is 4.79 Å². The van der Waals surface area contributed by atoms with E-state index in [1.165, 1.54) is 5.56 Å². The molecule has 1 saturated heterocycles. The van der Waals surface area contributed by atoms with Gasteiger partial charge in [0, 0.05) is 11.3 Å². The van der Waals surface area contributed by atoms with Crippen LogP contribution in [0.5, 0.6) is 0 Å². The van der Waals surface area contributed by atoms with E-state index in [1.54, 1.807) is 23.1 Å². The summed E-state index contributed by atoms with van der Waals surface area (Å²) in [5.41, 5.74) is 7.84. The maximum Gasteiger partial charge on any atom is 0.322 e. The van der Waals surface area contributed by atoms with Gasteiger partial charge in [-0.1, -0.05) is 43.3 Å². The Kier molecular flexibility index (Phi) is 4.17. The van der Waals surface area contributed by atoms with Crippen molar-refractivity contribution in [1.82, 2.24) is 5.32 Å². The molecule has 1 heterocycles. The molecule has 0 aromatic heterocycles. The van der Waals surface area contributed by atoms with Crippen LogP contribution in [0.3, 0.4) is 0 Å². The number of hydrogen-bond acceptors (Lipinski definition) is 2. The number of hydrogen-bond donors (Lipinski definition) is 2. The third kappa shape index (κ3) is 3.18. The van der Waals surface area contributed by atoms with Crippen molar-refractivity contribution >= 4 is 17.6 Å². The van der Waals surface area contributed by atoms with Gasteiger partial charge in [-0.2, -0.15) is 0 Å². The molecule has 5 heteroatoms. The van der Waals surface area contributed by atoms with Crippen LogP contribution in [-0.4, -0.2) is 24.0 Å². The van der Waals surface area contributed by atoms with E-state index in [-0.39, 0.29) is 17.0 Å². The van der Waals surface area contributed by atoms with Crippen molar-refractivity contribution in [3.8, 4) is 0 Å². The smallest absolute Gasteiger partial charge is 0.322 e. The number of nitrogens with two attached hydrogens (primary N) is 1. The summed E-state index contributed by atoms with van der Waals surface area (Å²) in [6, 6.07) is 17.5. The monoisotopic (exact) mass is 363 g/mol. The first-order valence-electron chi connectivity index (χ1n) is 9.46. The van der Waals surface area contributed by atoms with Gasteiger partial charge >= 0.3 is 6.03 Å². The van der Waals surface area contributed by atoms with Crippen molar-refractivity contribution in [1.29, 1.82) is 0 Å². The van der Waals surface area contributed by atoms with Gasteiger partial charge in [0.15, 0.2) is 0 Å². The number of carbonyl (C=O) groups excluding carboxylic acids is 2. The molecule has 4 rings (SSSR count). The number of nitrogens with one attached hydrogen (secondary N) is 1. The lowest BCUT2D eigenvalue weighted by Crippen LogP contribution is -2.49. The van der Waals surface area contributed by atoms with Crippen LogP contribution in [0.15, 0.2) is 54.6 Å². The molecule has 1 aliphatic carbocycles. The molecule has 0 bridgehead atoms. The Morgan fingerprint density at radius 1 is 1.04 bits per heavy atom. The standard InChI is InChI=1S/C22H25N3O2/c1-21(17-7-3-2-4-8-17)10-12-22(13-11-21)15-25(20(27)24-22)18-9-5-6-16(14-18)19(23)26/h2-9,14H,10-13,15H2,1H3,(H2,23,26)(H,24,27). The van der Waals surface area contributed by atoms with Crippen molar-refractivity contribution in [2.45, 2.75) is 43.6 Å². The average Bonchev–Trinajstić information content (AvgIpc) is 3.02. The predicted molar refractivity (Wildman–Crippen MR) is 106 cm³/mol. The third-order valence-electron chi connectivity index (χ3n) is 6.30. The Hall–Kier alpha value is -2.82. The quantitative estimate of drug-likeness (QED) is 0.874. The Morgan fingerprint density at radius 3 is 2.41 bits per heavy atom. The summed E-state index contributed by atoms with van der Waals surface area (Å²) in [7, 11) is 0. The zero-order valence-corrected chi connectivity index (χ0v) is 15.6. The average molecular weight is 363 g/mol. The van der Waals surface area contributed by atoms with Gasteiger partial charge in [-0.3, -0.25) is 9.69 Å². The molecule has 1 aliphatic heterocycles. The molecule has 5 nitrogen and oxygen atoms in total. The molecule has 2 aliphatic rings. The first-order chi connectivity index (χ1) is 12.9. The van der Waals surface area contributed by atoms with Gasteiger partial charge in [0.1, 0.15) is 0 Å². The lowest BCUT2D eigenvalue weighted by Gasteiger charge is -2.43. The van der Waals surface area contributed by atoms with E-state index in [0.29, 0.717) is 12.1 Å². The maximum atomic E-state index is 12.7. The number of urea groups is 1. The summed E-state index contributed by atoms with van der Waals surface area (Å²) in [6.07, 6.45) is 3.95. The number of amides is 3. The van der Waals surface area contributed by atoms with E-state index >= 15 is 0 Å². The third-order valence-corrected chi connectivity index (χ3v) is 6.30. The molecule has 3 amide bonds. The van der Waals surface area contributed by atoms with E-state index in [2.05, 4.69) is 36.5 Å². The lowest BCUT2D eigenvalue weighted by molar-refractivity contribution is 0.1000. The Morgan fingerprint density at radius 2 is 1.74 bits per heavy atom. The summed E-state index contributed by atoms with van der Waals surface area (Å²) in [5.74, 6) is -0.484. The molecular formula is C22H25N3O2. The Labute approximate surface area is 159 Å². The summed E-state index contributed by atoms with van der Waals surface area (Å²) in [4.78, 5) is 25.8. The highest BCUT2D eigenvalue weighted by atomic mass is 16.2. The summed E-state index contributed by atoms with van der Waals surface area (Å²) in [5, 5.41) is 3.23. The summed E-state index contributed by atoms with van der Waals surface area (Å²) < 4.78 is 0. The van der Waals surface area contributed by atoms with E-state index in [9.17, 15) is 9.59 Å². The fraction of sp³-hybridized carbons (Fsp3) is 0.364. The molecule has 0 unspecified atom stereocenters. The van der Waals surface area contributed by atoms with Gasteiger partial charge in [0.05, 0.1) is 12.1 Å². The number of anilines is 1. The van der Waals surface area contributed by atoms with Crippen LogP contribution < -0.4 is 16.0 Å². The van der Waals surface area contributed by atoms with Crippen LogP contribution >= 0.6 is 0 Å². The summed E-state index contributed by atoms with van der Waals surface area (Å²) in [6.45, 7) is 2.94. The minimum Gasteiger partial charge on any atom is -0.366 e. The highest BCUT2D eigenvalue weighted by Crippen LogP contribution is 2.45. The van der Waals surface area contributed by atoms with Crippen molar-refractivity contribution in [3.63, 3.8) is 0 Å². The van der Waals surface area contributed by atoms with Crippen LogP contribution in [-0.2, 0) is 5.41 Å². The van der Waals surface area contributed by atoms with E-state index in [4.69, 9.17) is 5.73 Å². The second-order valence-corrected chi connectivity index (χ2v) is 8.14. The minimum absolute atomic E-state index is 0.0973. The molecular weight excluding hydrogens is 338 g/mol. The minimum atomic E-state index is -0.484. The molecule has 140 valence electrons. The Balaban J connectivity index is 1.51. The van der Waals surface area contributed by atoms with Gasteiger partial charge in [0.25, 0.3) is 0 Å². The maximum absolute atomic E-state index is 12.7. The Bertz CT molecular complexity index is 870. The van der Waals surface area contributed by atoms with Gasteiger partial charge in [-0.15, -0.1) is 0 Å². The fourth-order valence-corrected chi connectivity index (χ4v) is 4.44. The first-order valence-corrected chi connectivity index (χ1v) is 9.46. The lowest BCUT2D eigenvalue weighted by atomic mass is 9.65. The zero-order valence-electron chi connectivity index (χ0n) is 15.6. The van der Waals surface area contributed by atoms with Crippen molar-refractivity contribution in [2.75, 3.05) is 11.4 Å². The molecule has 0 radical (unpaired) electrons. The highest BCUT2D eigenvalue weighted by Gasteiger charge is 2.48. The second kappa shape index (κ2) is 6.41. The number of rotatable bonds is 3. The molecule has 3 N–H and O–H groups in total. The van der Waals surface area contributed by atoms with E-state index in [0.717, 1.165) is 31.4 Å². The molecule has 2 aromatic carbocycles. The van der Waals surface area contributed by atoms with Crippen molar-refractivity contribution in [3.05, 3.63) is 65.7 Å². The van der Waals surface area contributed by atoms with Crippen LogP contribution in [0, 0.1) is 0 Å². The fourth-order valence-electron chi connectivity index (χ4n) is 4.44. The number of nitrogens with zero attached hydrogens (tertiary/aromatic N) is 1. The SMILES string of the molecule is CC1(c2ccccc2)CCC2(CC1)CN(c1cccc(C(N)=O)c1)C(=O)N2. The molecule has 1 saturated carbocycles. The zero-order chi connectivity index (χ0) is 19.1. The number of primary amides is 1. The molecule has 2 aromatic rings. The van der Waals surface area contributed by atoms with Crippen LogP contribution in [0.2, 0.25) is 0 Å². The van der Waals surface area contributed by atoms with Crippen LogP contribution in [0.1, 0.15) is 48.5 Å². The first kappa shape index (κ1) is 17.6. The van der Waals surface area contributed by atoms with Crippen LogP contribution in [0.4, 0.5) is 10.5 Å². The number of carbonyl (C=O) groups is 2. The summed E-state index contributed by atoms with van der Waals surface area (Å²) >= 11 is 0. The van der Waals surface area contributed by atoms with Gasteiger partial charge < -0.3 is 11.1 Å².